The van der Waals surface area contributed by atoms with Crippen molar-refractivity contribution in [2.75, 3.05) is 11.5 Å². The summed E-state index contributed by atoms with van der Waals surface area (Å²) < 4.78 is 0. The van der Waals surface area contributed by atoms with Crippen LogP contribution >= 0.6 is 21.6 Å². The molecule has 0 saturated carbocycles. The van der Waals surface area contributed by atoms with Gasteiger partial charge in [-0.05, 0) is 30.6 Å². The van der Waals surface area contributed by atoms with Crippen LogP contribution in [0.2, 0.25) is 0 Å². The van der Waals surface area contributed by atoms with Gasteiger partial charge in [-0.1, -0.05) is 63.1 Å². The van der Waals surface area contributed by atoms with Gasteiger partial charge in [-0.3, -0.25) is 24.0 Å². The monoisotopic (exact) mass is 529 g/mol. The molecule has 198 valence electrons. The van der Waals surface area contributed by atoms with Gasteiger partial charge in [-0.2, -0.15) is 0 Å². The summed E-state index contributed by atoms with van der Waals surface area (Å²) in [7, 11) is 2.80. The average Bonchev–Trinajstić information content (AvgIpc) is 2.74. The third-order valence-electron chi connectivity index (χ3n) is 5.75. The van der Waals surface area contributed by atoms with E-state index in [9.17, 15) is 24.0 Å². The third-order valence-corrected chi connectivity index (χ3v) is 8.17. The molecule has 2 saturated heterocycles. The van der Waals surface area contributed by atoms with Crippen LogP contribution in [0, 0.1) is 17.8 Å². The van der Waals surface area contributed by atoms with Crippen molar-refractivity contribution in [1.29, 1.82) is 0 Å². The molecule has 2 rings (SSSR count). The van der Waals surface area contributed by atoms with Crippen LogP contribution in [-0.4, -0.2) is 71.3 Å². The van der Waals surface area contributed by atoms with Crippen LogP contribution in [0.25, 0.3) is 0 Å². The number of carbonyl (C=O) groups excluding carboxylic acids is 5. The predicted octanol–water partition coefficient (Wildman–Crippen LogP) is 0.567. The van der Waals surface area contributed by atoms with E-state index in [2.05, 4.69) is 26.6 Å². The van der Waals surface area contributed by atoms with E-state index < -0.39 is 59.7 Å². The van der Waals surface area contributed by atoms with Gasteiger partial charge in [0, 0.05) is 11.5 Å². The van der Waals surface area contributed by atoms with Crippen molar-refractivity contribution in [3.8, 4) is 0 Å². The molecule has 2 bridgehead atoms. The van der Waals surface area contributed by atoms with Crippen molar-refractivity contribution in [3.05, 3.63) is 0 Å². The molecule has 0 aromatic carbocycles. The number of hydrogen-bond donors (Lipinski definition) is 5. The molecule has 2 aliphatic heterocycles. The van der Waals surface area contributed by atoms with Crippen molar-refractivity contribution in [3.63, 3.8) is 0 Å². The molecule has 2 fully saturated rings. The molecule has 10 nitrogen and oxygen atoms in total. The molecule has 12 heteroatoms. The summed E-state index contributed by atoms with van der Waals surface area (Å²) in [5.41, 5.74) is 0. The number of rotatable bonds is 5. The van der Waals surface area contributed by atoms with Crippen molar-refractivity contribution in [1.82, 2.24) is 26.6 Å². The van der Waals surface area contributed by atoms with Gasteiger partial charge in [0.2, 0.25) is 29.5 Å². The fraction of sp³-hybridized carbons (Fsp3) is 0.783. The van der Waals surface area contributed by atoms with E-state index in [1.54, 1.807) is 13.8 Å². The molecule has 5 atom stereocenters. The lowest BCUT2D eigenvalue weighted by molar-refractivity contribution is -0.134. The molecule has 5 N–H and O–H groups in total. The smallest absolute Gasteiger partial charge is 0.244 e. The highest BCUT2D eigenvalue weighted by molar-refractivity contribution is 8.76. The Morgan fingerprint density at radius 3 is 1.46 bits per heavy atom. The van der Waals surface area contributed by atoms with Gasteiger partial charge in [-0.15, -0.1) is 0 Å². The zero-order chi connectivity index (χ0) is 26.3. The Morgan fingerprint density at radius 2 is 1.00 bits per heavy atom. The van der Waals surface area contributed by atoms with Crippen molar-refractivity contribution >= 4 is 51.1 Å². The maximum atomic E-state index is 13.3. The average molecular weight is 530 g/mol. The summed E-state index contributed by atoms with van der Waals surface area (Å²) in [5.74, 6) is -1.79. The minimum Gasteiger partial charge on any atom is -0.343 e. The largest absolute Gasteiger partial charge is 0.343 e. The molecule has 0 unspecified atom stereocenters. The molecule has 0 aromatic heterocycles. The van der Waals surface area contributed by atoms with Gasteiger partial charge in [-0.25, -0.2) is 0 Å². The van der Waals surface area contributed by atoms with Crippen molar-refractivity contribution in [2.45, 2.75) is 84.6 Å². The van der Waals surface area contributed by atoms with Crippen LogP contribution in [0.5, 0.6) is 0 Å². The highest BCUT2D eigenvalue weighted by atomic mass is 33.1. The van der Waals surface area contributed by atoms with E-state index in [-0.39, 0.29) is 17.8 Å². The lowest BCUT2D eigenvalue weighted by atomic mass is 9.98. The van der Waals surface area contributed by atoms with Crippen LogP contribution in [0.3, 0.4) is 0 Å². The van der Waals surface area contributed by atoms with Crippen LogP contribution in [0.4, 0.5) is 0 Å². The Balaban J connectivity index is 2.47. The van der Waals surface area contributed by atoms with E-state index in [1.807, 2.05) is 27.7 Å². The Labute approximate surface area is 215 Å². The highest BCUT2D eigenvalue weighted by Gasteiger charge is 2.36. The summed E-state index contributed by atoms with van der Waals surface area (Å²) in [6.07, 6.45) is 0.734. The first kappa shape index (κ1) is 29.3. The highest BCUT2D eigenvalue weighted by Crippen LogP contribution is 2.25. The molecule has 2 aliphatic rings. The van der Waals surface area contributed by atoms with Gasteiger partial charge in [0.05, 0.1) is 0 Å². The fourth-order valence-corrected chi connectivity index (χ4v) is 6.20. The fourth-order valence-electron chi connectivity index (χ4n) is 3.87. The standard InChI is InChI=1S/C23H39N5O5S2/c1-11(2)7-14-20(30)26-16-9-34-35-10-17(27-21(16)31)22(32)28-18(13(5)6)23(33)25-15(8-12(3)4)19(29)24-14/h11-18H,7-10H2,1-6H3,(H,24,29)(H,25,33)(H,26,30)(H,27,31)(H,28,32)/t14-,15+,16-,17-,18-/m1/s1. The molecule has 0 aromatic rings. The Morgan fingerprint density at radius 1 is 0.600 bits per heavy atom. The second-order valence-corrected chi connectivity index (χ2v) is 12.9. The first-order valence-corrected chi connectivity index (χ1v) is 14.6. The zero-order valence-electron chi connectivity index (χ0n) is 21.3. The number of fused-ring (bicyclic) bond motifs is 3. The van der Waals surface area contributed by atoms with Crippen LogP contribution < -0.4 is 26.6 Å². The quantitative estimate of drug-likeness (QED) is 0.327. The molecule has 2 heterocycles. The second-order valence-electron chi connectivity index (χ2n) is 10.3. The predicted molar refractivity (Wildman–Crippen MR) is 138 cm³/mol. The minimum absolute atomic E-state index is 0.0938. The number of amides is 5. The SMILES string of the molecule is CC(C)C[C@@H]1NC(=O)[C@@H](C(C)C)NC(=O)[C@H]2CSSC[C@@H](NC(=O)[C@@H](CC(C)C)NC1=O)C(=O)N2. The lowest BCUT2D eigenvalue weighted by Crippen LogP contribution is -2.60. The molecule has 35 heavy (non-hydrogen) atoms. The summed E-state index contributed by atoms with van der Waals surface area (Å²) in [6, 6.07) is -4.36. The first-order valence-electron chi connectivity index (χ1n) is 12.1. The Kier molecular flexibility index (Phi) is 11.2. The lowest BCUT2D eigenvalue weighted by Gasteiger charge is -2.28. The van der Waals surface area contributed by atoms with Gasteiger partial charge < -0.3 is 26.6 Å². The van der Waals surface area contributed by atoms with Gasteiger partial charge in [0.15, 0.2) is 0 Å². The third kappa shape index (κ3) is 8.89. The van der Waals surface area contributed by atoms with E-state index >= 15 is 0 Å². The van der Waals surface area contributed by atoms with Crippen LogP contribution in [0.1, 0.15) is 54.4 Å². The second kappa shape index (κ2) is 13.4. The van der Waals surface area contributed by atoms with Gasteiger partial charge in [0.1, 0.15) is 30.2 Å². The molecular formula is C23H39N5O5S2. The van der Waals surface area contributed by atoms with E-state index in [1.165, 1.54) is 21.6 Å². The van der Waals surface area contributed by atoms with E-state index in [0.717, 1.165) is 0 Å². The zero-order valence-corrected chi connectivity index (χ0v) is 22.9. The van der Waals surface area contributed by atoms with Gasteiger partial charge >= 0.3 is 0 Å². The molecule has 0 spiro atoms. The topological polar surface area (TPSA) is 146 Å². The maximum absolute atomic E-state index is 13.3. The Bertz CT molecular complexity index is 807. The summed E-state index contributed by atoms with van der Waals surface area (Å²) in [6.45, 7) is 11.3. The van der Waals surface area contributed by atoms with Crippen LogP contribution in [-0.2, 0) is 24.0 Å². The molecule has 0 radical (unpaired) electrons. The number of nitrogens with one attached hydrogen (secondary N) is 5. The summed E-state index contributed by atoms with van der Waals surface area (Å²) >= 11 is 0. The Hall–Kier alpha value is -1.95. The minimum atomic E-state index is -0.892. The van der Waals surface area contributed by atoms with Gasteiger partial charge in [0.25, 0.3) is 0 Å². The van der Waals surface area contributed by atoms with Crippen molar-refractivity contribution in [2.24, 2.45) is 17.8 Å². The number of carbonyl (C=O) groups is 5. The normalized spacial score (nSPS) is 29.4. The number of hydrogen-bond acceptors (Lipinski definition) is 7. The molecule has 0 aliphatic carbocycles. The van der Waals surface area contributed by atoms with Crippen molar-refractivity contribution < 1.29 is 24.0 Å². The first-order chi connectivity index (χ1) is 16.4. The summed E-state index contributed by atoms with van der Waals surface area (Å²) in [4.78, 5) is 65.6. The van der Waals surface area contributed by atoms with E-state index in [0.29, 0.717) is 24.3 Å². The molecular weight excluding hydrogens is 490 g/mol. The summed E-state index contributed by atoms with van der Waals surface area (Å²) in [5, 5.41) is 13.8. The van der Waals surface area contributed by atoms with E-state index in [4.69, 9.17) is 0 Å². The maximum Gasteiger partial charge on any atom is 0.244 e. The van der Waals surface area contributed by atoms with Crippen LogP contribution in [0.15, 0.2) is 0 Å². The molecule has 5 amide bonds.